The van der Waals surface area contributed by atoms with Crippen molar-refractivity contribution in [2.75, 3.05) is 6.66 Å². The zero-order valence-corrected chi connectivity index (χ0v) is 10.0. The highest BCUT2D eigenvalue weighted by Gasteiger charge is 2.49. The Hall–Kier alpha value is 0.150. The first-order chi connectivity index (χ1) is 7.01. The number of hydrogen-bond donors (Lipinski definition) is 1. The number of rotatable bonds is 2. The summed E-state index contributed by atoms with van der Waals surface area (Å²) < 4.78 is 16.8. The van der Waals surface area contributed by atoms with Gasteiger partial charge in [0.05, 0.1) is 6.10 Å². The lowest BCUT2D eigenvalue weighted by Crippen LogP contribution is -2.48. The van der Waals surface area contributed by atoms with E-state index in [2.05, 4.69) is 0 Å². The van der Waals surface area contributed by atoms with Crippen LogP contribution in [0.1, 0.15) is 32.1 Å². The molecule has 1 unspecified atom stereocenters. The molecule has 4 fully saturated rings. The predicted octanol–water partition coefficient (Wildman–Crippen LogP) is 2.64. The van der Waals surface area contributed by atoms with Gasteiger partial charge in [0.2, 0.25) is 0 Å². The Morgan fingerprint density at radius 1 is 1.07 bits per heavy atom. The third-order valence-electron chi connectivity index (χ3n) is 4.46. The molecule has 1 atom stereocenters. The molecule has 4 heteroatoms. The van der Waals surface area contributed by atoms with E-state index in [0.717, 1.165) is 11.8 Å². The summed E-state index contributed by atoms with van der Waals surface area (Å²) in [6.07, 6.45) is 6.42. The second-order valence-electron chi connectivity index (χ2n) is 5.80. The molecule has 0 saturated heterocycles. The van der Waals surface area contributed by atoms with E-state index < -0.39 is 7.60 Å². The molecule has 4 saturated carbocycles. The molecule has 86 valence electrons. The summed E-state index contributed by atoms with van der Waals surface area (Å²) in [6, 6.07) is 0. The second kappa shape index (κ2) is 3.32. The van der Waals surface area contributed by atoms with Gasteiger partial charge in [-0.2, -0.15) is 0 Å². The molecule has 4 aliphatic rings. The van der Waals surface area contributed by atoms with Crippen LogP contribution in [0.5, 0.6) is 0 Å². The van der Waals surface area contributed by atoms with Crippen LogP contribution in [-0.2, 0) is 9.09 Å². The van der Waals surface area contributed by atoms with Crippen molar-refractivity contribution in [2.24, 2.45) is 23.7 Å². The Labute approximate surface area is 90.7 Å². The van der Waals surface area contributed by atoms with Crippen LogP contribution in [0.4, 0.5) is 0 Å². The summed E-state index contributed by atoms with van der Waals surface area (Å²) in [5, 5.41) is 0. The number of hydrogen-bond acceptors (Lipinski definition) is 2. The van der Waals surface area contributed by atoms with Gasteiger partial charge in [-0.1, -0.05) is 0 Å². The van der Waals surface area contributed by atoms with E-state index in [9.17, 15) is 9.46 Å². The topological polar surface area (TPSA) is 46.5 Å². The lowest BCUT2D eigenvalue weighted by atomic mass is 9.55. The van der Waals surface area contributed by atoms with Crippen molar-refractivity contribution in [2.45, 2.75) is 38.2 Å². The molecule has 15 heavy (non-hydrogen) atoms. The molecule has 0 aromatic heterocycles. The molecule has 4 rings (SSSR count). The smallest absolute Gasteiger partial charge is 0.324 e. The first-order valence-corrected chi connectivity index (χ1v) is 8.02. The van der Waals surface area contributed by atoms with Gasteiger partial charge in [0, 0.05) is 6.66 Å². The van der Waals surface area contributed by atoms with E-state index in [4.69, 9.17) is 4.52 Å². The summed E-state index contributed by atoms with van der Waals surface area (Å²) in [5.74, 6) is 2.92. The van der Waals surface area contributed by atoms with Gasteiger partial charge in [-0.05, 0) is 55.8 Å². The summed E-state index contributed by atoms with van der Waals surface area (Å²) in [4.78, 5) is 9.34. The first kappa shape index (κ1) is 10.3. The zero-order chi connectivity index (χ0) is 10.6. The normalized spacial score (nSPS) is 51.7. The fourth-order valence-electron chi connectivity index (χ4n) is 4.27. The monoisotopic (exact) mass is 230 g/mol. The summed E-state index contributed by atoms with van der Waals surface area (Å²) >= 11 is 0. The highest BCUT2D eigenvalue weighted by molar-refractivity contribution is 7.51. The van der Waals surface area contributed by atoms with Gasteiger partial charge >= 0.3 is 7.60 Å². The maximum Gasteiger partial charge on any atom is 0.325 e. The summed E-state index contributed by atoms with van der Waals surface area (Å²) in [5.41, 5.74) is 0. The Bertz CT molecular complexity index is 281. The lowest BCUT2D eigenvalue weighted by molar-refractivity contribution is -0.0817. The fraction of sp³-hybridized carbons (Fsp3) is 1.00. The van der Waals surface area contributed by atoms with Crippen LogP contribution in [0.25, 0.3) is 0 Å². The van der Waals surface area contributed by atoms with Crippen LogP contribution in [0, 0.1) is 23.7 Å². The van der Waals surface area contributed by atoms with Crippen LogP contribution < -0.4 is 0 Å². The molecule has 4 aliphatic carbocycles. The van der Waals surface area contributed by atoms with Crippen molar-refractivity contribution in [3.63, 3.8) is 0 Å². The van der Waals surface area contributed by atoms with E-state index in [1.165, 1.54) is 38.8 Å². The van der Waals surface area contributed by atoms with Crippen molar-refractivity contribution < 1.29 is 14.0 Å². The molecule has 3 nitrogen and oxygen atoms in total. The Morgan fingerprint density at radius 2 is 1.53 bits per heavy atom. The minimum absolute atomic E-state index is 0.0821. The summed E-state index contributed by atoms with van der Waals surface area (Å²) in [7, 11) is -3.29. The van der Waals surface area contributed by atoms with Crippen LogP contribution in [-0.4, -0.2) is 17.7 Å². The maximum atomic E-state index is 11.3. The minimum Gasteiger partial charge on any atom is -0.324 e. The van der Waals surface area contributed by atoms with Crippen LogP contribution in [0.3, 0.4) is 0 Å². The van der Waals surface area contributed by atoms with Crippen LogP contribution in [0.2, 0.25) is 0 Å². The Kier molecular flexibility index (Phi) is 2.28. The van der Waals surface area contributed by atoms with Gasteiger partial charge in [-0.3, -0.25) is 4.57 Å². The third kappa shape index (κ3) is 1.90. The average Bonchev–Trinajstić information content (AvgIpc) is 2.08. The van der Waals surface area contributed by atoms with Gasteiger partial charge in [-0.25, -0.2) is 0 Å². The predicted molar refractivity (Wildman–Crippen MR) is 57.7 cm³/mol. The van der Waals surface area contributed by atoms with Gasteiger partial charge in [-0.15, -0.1) is 0 Å². The third-order valence-corrected chi connectivity index (χ3v) is 5.09. The SMILES string of the molecule is CP(=O)(O)OC1C2CC3CC(C2)CC1C3. The first-order valence-electron chi connectivity index (χ1n) is 6.00. The summed E-state index contributed by atoms with van der Waals surface area (Å²) in [6.45, 7) is 1.32. The van der Waals surface area contributed by atoms with Crippen molar-refractivity contribution in [3.8, 4) is 0 Å². The van der Waals surface area contributed by atoms with E-state index in [1.54, 1.807) is 0 Å². The van der Waals surface area contributed by atoms with Crippen molar-refractivity contribution in [3.05, 3.63) is 0 Å². The molecule has 0 amide bonds. The van der Waals surface area contributed by atoms with E-state index in [1.807, 2.05) is 0 Å². The average molecular weight is 230 g/mol. The maximum absolute atomic E-state index is 11.3. The Morgan fingerprint density at radius 3 is 1.93 bits per heavy atom. The fourth-order valence-corrected chi connectivity index (χ4v) is 5.07. The van der Waals surface area contributed by atoms with E-state index in [-0.39, 0.29) is 6.10 Å². The van der Waals surface area contributed by atoms with Crippen molar-refractivity contribution >= 4 is 7.60 Å². The molecule has 0 radical (unpaired) electrons. The lowest BCUT2D eigenvalue weighted by Gasteiger charge is -2.53. The highest BCUT2D eigenvalue weighted by atomic mass is 31.2. The van der Waals surface area contributed by atoms with Gasteiger partial charge in [0.15, 0.2) is 0 Å². The van der Waals surface area contributed by atoms with Crippen molar-refractivity contribution in [1.82, 2.24) is 0 Å². The zero-order valence-electron chi connectivity index (χ0n) is 9.13. The quantitative estimate of drug-likeness (QED) is 0.742. The largest absolute Gasteiger partial charge is 0.325 e. The van der Waals surface area contributed by atoms with Crippen molar-refractivity contribution in [1.29, 1.82) is 0 Å². The van der Waals surface area contributed by atoms with Crippen LogP contribution >= 0.6 is 7.60 Å². The van der Waals surface area contributed by atoms with E-state index in [0.29, 0.717) is 11.8 Å². The van der Waals surface area contributed by atoms with Gasteiger partial charge in [0.1, 0.15) is 0 Å². The minimum atomic E-state index is -3.29. The molecule has 4 bridgehead atoms. The molecular formula is C11H19O3P. The molecule has 1 N–H and O–H groups in total. The van der Waals surface area contributed by atoms with E-state index >= 15 is 0 Å². The molecule has 0 heterocycles. The highest BCUT2D eigenvalue weighted by Crippen LogP contribution is 2.57. The second-order valence-corrected chi connectivity index (χ2v) is 7.62. The standard InChI is InChI=1S/C11H19O3P/c1-15(12,13)14-11-9-3-7-2-8(5-9)6-10(11)4-7/h7-11H,2-6H2,1H3,(H,12,13). The molecular weight excluding hydrogens is 211 g/mol. The van der Waals surface area contributed by atoms with Gasteiger partial charge < -0.3 is 9.42 Å². The Balaban J connectivity index is 1.77. The molecule has 0 spiro atoms. The molecule has 0 aromatic carbocycles. The molecule has 0 aliphatic heterocycles. The molecule has 0 aromatic rings. The van der Waals surface area contributed by atoms with Crippen LogP contribution in [0.15, 0.2) is 0 Å². The van der Waals surface area contributed by atoms with Gasteiger partial charge in [0.25, 0.3) is 0 Å².